The van der Waals surface area contributed by atoms with E-state index in [4.69, 9.17) is 0 Å². The van der Waals surface area contributed by atoms with Gasteiger partial charge in [-0.15, -0.1) is 0 Å². The Hall–Kier alpha value is -2.25. The summed E-state index contributed by atoms with van der Waals surface area (Å²) in [5.74, 6) is -0.230. The first-order valence-corrected chi connectivity index (χ1v) is 6.34. The predicted molar refractivity (Wildman–Crippen MR) is 71.2 cm³/mol. The van der Waals surface area contributed by atoms with Crippen molar-refractivity contribution in [1.82, 2.24) is 25.4 Å². The lowest BCUT2D eigenvalue weighted by Gasteiger charge is -2.07. The van der Waals surface area contributed by atoms with Gasteiger partial charge in [-0.2, -0.15) is 5.10 Å². The molecule has 1 aliphatic rings. The molecule has 0 saturated carbocycles. The Balaban J connectivity index is 1.99. The molecule has 0 radical (unpaired) electrons. The minimum absolute atomic E-state index is 0.0821. The van der Waals surface area contributed by atoms with Crippen LogP contribution in [0.4, 0.5) is 0 Å². The molecule has 0 unspecified atom stereocenters. The van der Waals surface area contributed by atoms with Gasteiger partial charge in [-0.05, 0) is 12.1 Å². The smallest absolute Gasteiger partial charge is 0.269 e. The highest BCUT2D eigenvalue weighted by atomic mass is 16.3. The molecule has 3 N–H and O–H groups in total. The van der Waals surface area contributed by atoms with Gasteiger partial charge in [-0.25, -0.2) is 9.67 Å². The Morgan fingerprint density at radius 2 is 2.35 bits per heavy atom. The Bertz CT molecular complexity index is 648. The fraction of sp³-hybridized carbons (Fsp3) is 0.308. The van der Waals surface area contributed by atoms with Crippen molar-refractivity contribution in [2.45, 2.75) is 19.7 Å². The number of aliphatic hydroxyl groups excluding tert-OH is 1. The number of nitrogens with one attached hydrogen (secondary N) is 2. The number of fused-ring (bicyclic) bond motifs is 1. The first kappa shape index (κ1) is 12.8. The van der Waals surface area contributed by atoms with Crippen LogP contribution in [0.15, 0.2) is 18.3 Å². The molecule has 0 spiro atoms. The maximum absolute atomic E-state index is 11.5. The summed E-state index contributed by atoms with van der Waals surface area (Å²) in [7, 11) is 1.56. The zero-order valence-corrected chi connectivity index (χ0v) is 11.1. The fourth-order valence-corrected chi connectivity index (χ4v) is 2.34. The van der Waals surface area contributed by atoms with Crippen molar-refractivity contribution >= 4 is 5.91 Å². The van der Waals surface area contributed by atoms with Gasteiger partial charge >= 0.3 is 0 Å². The van der Waals surface area contributed by atoms with Crippen molar-refractivity contribution in [3.05, 3.63) is 41.0 Å². The van der Waals surface area contributed by atoms with E-state index in [0.29, 0.717) is 12.2 Å². The van der Waals surface area contributed by atoms with E-state index in [2.05, 4.69) is 20.7 Å². The number of hydrogen-bond acceptors (Lipinski definition) is 5. The van der Waals surface area contributed by atoms with Crippen LogP contribution in [0.5, 0.6) is 0 Å². The number of carbonyl (C=O) groups is 1. The second kappa shape index (κ2) is 5.03. The molecule has 20 heavy (non-hydrogen) atoms. The maximum atomic E-state index is 11.5. The van der Waals surface area contributed by atoms with Crippen molar-refractivity contribution in [1.29, 1.82) is 0 Å². The lowest BCUT2D eigenvalue weighted by molar-refractivity contribution is 0.0958. The van der Waals surface area contributed by atoms with Crippen LogP contribution in [0, 0.1) is 0 Å². The van der Waals surface area contributed by atoms with Crippen molar-refractivity contribution in [3.8, 4) is 5.69 Å². The summed E-state index contributed by atoms with van der Waals surface area (Å²) in [4.78, 5) is 15.6. The summed E-state index contributed by atoms with van der Waals surface area (Å²) in [6, 6.07) is 3.41. The zero-order chi connectivity index (χ0) is 14.1. The largest absolute Gasteiger partial charge is 0.390 e. The van der Waals surface area contributed by atoms with E-state index in [1.807, 2.05) is 0 Å². The summed E-state index contributed by atoms with van der Waals surface area (Å²) in [6.45, 7) is 1.34. The summed E-state index contributed by atoms with van der Waals surface area (Å²) >= 11 is 0. The molecule has 7 heteroatoms. The third-order valence-corrected chi connectivity index (χ3v) is 3.37. The molecule has 0 aromatic carbocycles. The molecule has 0 aliphatic carbocycles. The average molecular weight is 273 g/mol. The van der Waals surface area contributed by atoms with Gasteiger partial charge in [0.25, 0.3) is 5.91 Å². The molecule has 3 heterocycles. The van der Waals surface area contributed by atoms with Gasteiger partial charge < -0.3 is 15.7 Å². The van der Waals surface area contributed by atoms with E-state index in [1.165, 1.54) is 0 Å². The topological polar surface area (TPSA) is 92.1 Å². The number of rotatable bonds is 3. The molecule has 2 aromatic heterocycles. The highest BCUT2D eigenvalue weighted by Gasteiger charge is 2.22. The zero-order valence-electron chi connectivity index (χ0n) is 11.1. The Morgan fingerprint density at radius 3 is 3.00 bits per heavy atom. The van der Waals surface area contributed by atoms with Gasteiger partial charge in [0.1, 0.15) is 5.69 Å². The minimum atomic E-state index is -0.230. The maximum Gasteiger partial charge on any atom is 0.269 e. The SMILES string of the molecule is CNC(=O)c1ccc(-n2nc3c(c2CO)CNC3)cn1. The van der Waals surface area contributed by atoms with Gasteiger partial charge in [-0.3, -0.25) is 4.79 Å². The number of hydrogen-bond donors (Lipinski definition) is 3. The summed E-state index contributed by atoms with van der Waals surface area (Å²) in [5.41, 5.74) is 3.84. The Labute approximate surface area is 115 Å². The van der Waals surface area contributed by atoms with Crippen LogP contribution in [0.25, 0.3) is 5.69 Å². The molecule has 3 rings (SSSR count). The quantitative estimate of drug-likeness (QED) is 0.715. The van der Waals surface area contributed by atoms with Crippen LogP contribution in [0.1, 0.15) is 27.4 Å². The summed E-state index contributed by atoms with van der Waals surface area (Å²) in [6.07, 6.45) is 1.58. The molecule has 104 valence electrons. The van der Waals surface area contributed by atoms with Crippen LogP contribution >= 0.6 is 0 Å². The highest BCUT2D eigenvalue weighted by molar-refractivity contribution is 5.92. The van der Waals surface area contributed by atoms with Gasteiger partial charge in [-0.1, -0.05) is 0 Å². The lowest BCUT2D eigenvalue weighted by Crippen LogP contribution is -2.19. The second-order valence-corrected chi connectivity index (χ2v) is 4.53. The van der Waals surface area contributed by atoms with Crippen LogP contribution in [-0.4, -0.2) is 32.8 Å². The monoisotopic (exact) mass is 273 g/mol. The van der Waals surface area contributed by atoms with Crippen LogP contribution in [0.3, 0.4) is 0 Å². The third kappa shape index (κ3) is 1.97. The number of aromatic nitrogens is 3. The molecule has 1 aliphatic heterocycles. The van der Waals surface area contributed by atoms with Gasteiger partial charge in [0, 0.05) is 25.7 Å². The van der Waals surface area contributed by atoms with Gasteiger partial charge in [0.2, 0.25) is 0 Å². The van der Waals surface area contributed by atoms with Crippen molar-refractivity contribution < 1.29 is 9.90 Å². The van der Waals surface area contributed by atoms with E-state index in [0.717, 1.165) is 29.2 Å². The first-order chi connectivity index (χ1) is 9.74. The number of carbonyl (C=O) groups excluding carboxylic acids is 1. The van der Waals surface area contributed by atoms with Gasteiger partial charge in [0.15, 0.2) is 0 Å². The number of nitrogens with zero attached hydrogens (tertiary/aromatic N) is 3. The number of amides is 1. The second-order valence-electron chi connectivity index (χ2n) is 4.53. The molecule has 0 atom stereocenters. The van der Waals surface area contributed by atoms with Crippen molar-refractivity contribution in [2.24, 2.45) is 0 Å². The molecular formula is C13H15N5O2. The highest BCUT2D eigenvalue weighted by Crippen LogP contribution is 2.22. The molecule has 0 saturated heterocycles. The predicted octanol–water partition coefficient (Wildman–Crippen LogP) is -0.278. The number of pyridine rings is 1. The lowest BCUT2D eigenvalue weighted by atomic mass is 10.2. The van der Waals surface area contributed by atoms with E-state index < -0.39 is 0 Å². The van der Waals surface area contributed by atoms with Crippen LogP contribution < -0.4 is 10.6 Å². The Kier molecular flexibility index (Phi) is 3.21. The molecular weight excluding hydrogens is 258 g/mol. The Morgan fingerprint density at radius 1 is 1.50 bits per heavy atom. The molecule has 0 bridgehead atoms. The van der Waals surface area contributed by atoms with Crippen LogP contribution in [-0.2, 0) is 19.7 Å². The van der Waals surface area contributed by atoms with Crippen LogP contribution in [0.2, 0.25) is 0 Å². The van der Waals surface area contributed by atoms with E-state index in [9.17, 15) is 9.90 Å². The standard InChI is InChI=1S/C13H15N5O2/c1-14-13(20)10-3-2-8(4-16-10)18-12(7-19)9-5-15-6-11(9)17-18/h2-4,15,19H,5-7H2,1H3,(H,14,20). The normalized spacial score (nSPS) is 13.3. The first-order valence-electron chi connectivity index (χ1n) is 6.34. The van der Waals surface area contributed by atoms with Crippen molar-refractivity contribution in [3.63, 3.8) is 0 Å². The fourth-order valence-electron chi connectivity index (χ4n) is 2.34. The molecule has 1 amide bonds. The van der Waals surface area contributed by atoms with E-state index >= 15 is 0 Å². The summed E-state index contributed by atoms with van der Waals surface area (Å²) < 4.78 is 1.69. The van der Waals surface area contributed by atoms with Crippen molar-refractivity contribution in [2.75, 3.05) is 7.05 Å². The average Bonchev–Trinajstić information content (AvgIpc) is 3.06. The van der Waals surface area contributed by atoms with Gasteiger partial charge in [0.05, 0.1) is 29.9 Å². The van der Waals surface area contributed by atoms with E-state index in [-0.39, 0.29) is 12.5 Å². The number of aliphatic hydroxyl groups is 1. The minimum Gasteiger partial charge on any atom is -0.390 e. The third-order valence-electron chi connectivity index (χ3n) is 3.37. The molecule has 2 aromatic rings. The van der Waals surface area contributed by atoms with E-state index in [1.54, 1.807) is 30.1 Å². The molecule has 7 nitrogen and oxygen atoms in total. The molecule has 0 fully saturated rings. The summed E-state index contributed by atoms with van der Waals surface area (Å²) in [5, 5.41) is 19.7.